The number of benzene rings is 2. The first-order chi connectivity index (χ1) is 10.3. The van der Waals surface area contributed by atoms with Crippen LogP contribution in [0.5, 0.6) is 5.75 Å². The zero-order chi connectivity index (χ0) is 16.3. The molecule has 22 heavy (non-hydrogen) atoms. The van der Waals surface area contributed by atoms with Crippen LogP contribution in [0.25, 0.3) is 0 Å². The van der Waals surface area contributed by atoms with E-state index in [1.165, 1.54) is 36.4 Å². The third kappa shape index (κ3) is 3.69. The summed E-state index contributed by atoms with van der Waals surface area (Å²) in [4.78, 5) is 11.9. The van der Waals surface area contributed by atoms with Gasteiger partial charge in [0.2, 0.25) is 0 Å². The monoisotopic (exact) mass is 310 g/mol. The molecule has 0 saturated heterocycles. The van der Waals surface area contributed by atoms with Crippen molar-refractivity contribution in [3.05, 3.63) is 59.2 Å². The summed E-state index contributed by atoms with van der Waals surface area (Å²) in [5.41, 5.74) is 4.90. The number of aromatic hydroxyl groups is 1. The number of carbonyl (C=O) groups is 1. The molecule has 2 aromatic rings. The zero-order valence-electron chi connectivity index (χ0n) is 11.3. The van der Waals surface area contributed by atoms with Crippen LogP contribution < -0.4 is 11.1 Å². The molecule has 0 heterocycles. The number of anilines is 1. The van der Waals surface area contributed by atoms with Crippen LogP contribution in [0.3, 0.4) is 0 Å². The first-order valence-electron chi connectivity index (χ1n) is 6.30. The number of nitrogens with one attached hydrogen (secondary N) is 1. The van der Waals surface area contributed by atoms with Crippen molar-refractivity contribution in [2.45, 2.75) is 12.7 Å². The third-order valence-corrected chi connectivity index (χ3v) is 2.96. The van der Waals surface area contributed by atoms with Crippen LogP contribution in [0.2, 0.25) is 0 Å². The number of phenols is 1. The van der Waals surface area contributed by atoms with E-state index in [9.17, 15) is 23.1 Å². The second-order valence-electron chi connectivity index (χ2n) is 4.65. The molecule has 0 aliphatic rings. The molecule has 7 heteroatoms. The first-order valence-corrected chi connectivity index (χ1v) is 6.30. The molecule has 0 saturated carbocycles. The highest BCUT2D eigenvalue weighted by Gasteiger charge is 2.32. The highest BCUT2D eigenvalue weighted by atomic mass is 19.4. The number of amides is 1. The van der Waals surface area contributed by atoms with Crippen molar-refractivity contribution in [2.75, 3.05) is 5.73 Å². The van der Waals surface area contributed by atoms with Crippen molar-refractivity contribution >= 4 is 11.6 Å². The molecule has 0 radical (unpaired) electrons. The van der Waals surface area contributed by atoms with Gasteiger partial charge in [0, 0.05) is 23.9 Å². The van der Waals surface area contributed by atoms with Gasteiger partial charge in [0.1, 0.15) is 5.75 Å². The van der Waals surface area contributed by atoms with Gasteiger partial charge in [0.25, 0.3) is 5.91 Å². The Balaban J connectivity index is 2.15. The van der Waals surface area contributed by atoms with Crippen LogP contribution in [0.15, 0.2) is 42.5 Å². The predicted molar refractivity (Wildman–Crippen MR) is 75.1 cm³/mol. The normalized spacial score (nSPS) is 11.2. The summed E-state index contributed by atoms with van der Waals surface area (Å²) in [7, 11) is 0. The molecule has 0 aliphatic carbocycles. The Morgan fingerprint density at radius 1 is 1.18 bits per heavy atom. The van der Waals surface area contributed by atoms with E-state index in [1.54, 1.807) is 0 Å². The second kappa shape index (κ2) is 5.97. The van der Waals surface area contributed by atoms with Gasteiger partial charge in [0.05, 0.1) is 5.56 Å². The first kappa shape index (κ1) is 15.7. The lowest BCUT2D eigenvalue weighted by molar-refractivity contribution is -0.138. The van der Waals surface area contributed by atoms with Gasteiger partial charge in [-0.05, 0) is 23.8 Å². The molecule has 0 unspecified atom stereocenters. The summed E-state index contributed by atoms with van der Waals surface area (Å²) in [5.74, 6) is -0.819. The number of rotatable bonds is 3. The predicted octanol–water partition coefficient (Wildman–Crippen LogP) is 2.92. The van der Waals surface area contributed by atoms with E-state index in [0.29, 0.717) is 0 Å². The van der Waals surface area contributed by atoms with E-state index >= 15 is 0 Å². The van der Waals surface area contributed by atoms with Crippen LogP contribution in [-0.4, -0.2) is 11.0 Å². The zero-order valence-corrected chi connectivity index (χ0v) is 11.3. The van der Waals surface area contributed by atoms with Gasteiger partial charge in [0.15, 0.2) is 0 Å². The molecule has 0 atom stereocenters. The molecule has 0 fully saturated rings. The van der Waals surface area contributed by atoms with Crippen molar-refractivity contribution < 1.29 is 23.1 Å². The molecular weight excluding hydrogens is 297 g/mol. The van der Waals surface area contributed by atoms with E-state index in [0.717, 1.165) is 6.07 Å². The van der Waals surface area contributed by atoms with E-state index < -0.39 is 17.6 Å². The number of carbonyl (C=O) groups excluding carboxylic acids is 1. The lowest BCUT2D eigenvalue weighted by atomic mass is 10.1. The summed E-state index contributed by atoms with van der Waals surface area (Å²) in [6.45, 7) is -0.288. The number of phenolic OH excluding ortho intramolecular Hbond substituents is 1. The molecule has 4 N–H and O–H groups in total. The van der Waals surface area contributed by atoms with E-state index in [4.69, 9.17) is 5.73 Å². The molecule has 0 spiro atoms. The molecule has 0 aliphatic heterocycles. The topological polar surface area (TPSA) is 75.3 Å². The van der Waals surface area contributed by atoms with E-state index in [-0.39, 0.29) is 29.1 Å². The molecule has 2 rings (SSSR count). The summed E-state index contributed by atoms with van der Waals surface area (Å²) in [6, 6.07) is 8.75. The average Bonchev–Trinajstić information content (AvgIpc) is 2.43. The lowest BCUT2D eigenvalue weighted by Gasteiger charge is -2.13. The fourth-order valence-corrected chi connectivity index (χ4v) is 1.99. The van der Waals surface area contributed by atoms with Crippen molar-refractivity contribution in [2.24, 2.45) is 0 Å². The van der Waals surface area contributed by atoms with Crippen molar-refractivity contribution in [1.29, 1.82) is 0 Å². The standard InChI is InChI=1S/C15H13F3N2O2/c16-15(17,18)13-4-2-1-3-9(13)8-20-14(22)10-5-11(19)7-12(21)6-10/h1-7,21H,8,19H2,(H,20,22). The van der Waals surface area contributed by atoms with Gasteiger partial charge in [-0.15, -0.1) is 0 Å². The second-order valence-corrected chi connectivity index (χ2v) is 4.65. The summed E-state index contributed by atoms with van der Waals surface area (Å²) in [5, 5.41) is 11.7. The van der Waals surface area contributed by atoms with Crippen LogP contribution in [0, 0.1) is 0 Å². The Hall–Kier alpha value is -2.70. The SMILES string of the molecule is Nc1cc(O)cc(C(=O)NCc2ccccc2C(F)(F)F)c1. The van der Waals surface area contributed by atoms with Crippen molar-refractivity contribution in [3.63, 3.8) is 0 Å². The largest absolute Gasteiger partial charge is 0.508 e. The Morgan fingerprint density at radius 2 is 1.86 bits per heavy atom. The lowest BCUT2D eigenvalue weighted by Crippen LogP contribution is -2.24. The van der Waals surface area contributed by atoms with Crippen molar-refractivity contribution in [1.82, 2.24) is 5.32 Å². The molecule has 116 valence electrons. The maximum absolute atomic E-state index is 12.8. The summed E-state index contributed by atoms with van der Waals surface area (Å²) in [6.07, 6.45) is -4.49. The fraction of sp³-hybridized carbons (Fsp3) is 0.133. The van der Waals surface area contributed by atoms with E-state index in [1.807, 2.05) is 0 Å². The maximum atomic E-state index is 12.8. The van der Waals surface area contributed by atoms with Crippen molar-refractivity contribution in [3.8, 4) is 5.75 Å². The number of alkyl halides is 3. The Kier molecular flexibility index (Phi) is 4.25. The van der Waals surface area contributed by atoms with Gasteiger partial charge in [-0.1, -0.05) is 18.2 Å². The molecule has 0 bridgehead atoms. The van der Waals surface area contributed by atoms with Gasteiger partial charge in [-0.3, -0.25) is 4.79 Å². The van der Waals surface area contributed by atoms with Gasteiger partial charge in [-0.2, -0.15) is 13.2 Å². The Morgan fingerprint density at radius 3 is 2.50 bits per heavy atom. The van der Waals surface area contributed by atoms with Crippen LogP contribution in [0.4, 0.5) is 18.9 Å². The fourth-order valence-electron chi connectivity index (χ4n) is 1.99. The Bertz CT molecular complexity index is 679. The summed E-state index contributed by atoms with van der Waals surface area (Å²) < 4.78 is 38.5. The number of nitrogen functional groups attached to an aromatic ring is 1. The molecule has 1 amide bonds. The van der Waals surface area contributed by atoms with Gasteiger partial charge in [-0.25, -0.2) is 0 Å². The number of hydrogen-bond donors (Lipinski definition) is 3. The molecule has 4 nitrogen and oxygen atoms in total. The summed E-state index contributed by atoms with van der Waals surface area (Å²) >= 11 is 0. The minimum atomic E-state index is -4.49. The highest BCUT2D eigenvalue weighted by Crippen LogP contribution is 2.31. The van der Waals surface area contributed by atoms with Gasteiger partial charge < -0.3 is 16.2 Å². The van der Waals surface area contributed by atoms with Gasteiger partial charge >= 0.3 is 6.18 Å². The smallest absolute Gasteiger partial charge is 0.416 e. The number of nitrogens with two attached hydrogens (primary N) is 1. The maximum Gasteiger partial charge on any atom is 0.416 e. The molecule has 0 aromatic heterocycles. The van der Waals surface area contributed by atoms with Crippen LogP contribution in [-0.2, 0) is 12.7 Å². The third-order valence-electron chi connectivity index (χ3n) is 2.96. The van der Waals surface area contributed by atoms with Crippen LogP contribution in [0.1, 0.15) is 21.5 Å². The van der Waals surface area contributed by atoms with E-state index in [2.05, 4.69) is 5.32 Å². The molecular formula is C15H13F3N2O2. The number of halogens is 3. The minimum Gasteiger partial charge on any atom is -0.508 e. The quantitative estimate of drug-likeness (QED) is 0.763. The average molecular weight is 310 g/mol. The van der Waals surface area contributed by atoms with Crippen LogP contribution >= 0.6 is 0 Å². The highest BCUT2D eigenvalue weighted by molar-refractivity contribution is 5.95. The number of hydrogen-bond acceptors (Lipinski definition) is 3. The minimum absolute atomic E-state index is 0.0449. The Labute approximate surface area is 124 Å². The molecule has 2 aromatic carbocycles.